The highest BCUT2D eigenvalue weighted by atomic mass is 35.5. The number of hydrogen-bond donors (Lipinski definition) is 2. The zero-order valence-corrected chi connectivity index (χ0v) is 14.8. The Kier molecular flexibility index (Phi) is 6.74. The molecule has 5 nitrogen and oxygen atoms in total. The molecule has 1 saturated heterocycles. The molecule has 2 atom stereocenters. The van der Waals surface area contributed by atoms with Gasteiger partial charge in [-0.15, -0.1) is 12.4 Å². The summed E-state index contributed by atoms with van der Waals surface area (Å²) in [5.41, 5.74) is 0.914. The van der Waals surface area contributed by atoms with Crippen molar-refractivity contribution in [2.45, 2.75) is 39.8 Å². The number of ketones is 1. The van der Waals surface area contributed by atoms with Gasteiger partial charge in [0.2, 0.25) is 5.91 Å². The van der Waals surface area contributed by atoms with Gasteiger partial charge in [0.05, 0.1) is 12.7 Å². The van der Waals surface area contributed by atoms with Crippen molar-refractivity contribution in [2.75, 3.05) is 18.5 Å². The number of rotatable bonds is 3. The molecule has 1 amide bonds. The minimum absolute atomic E-state index is 0. The number of carbonyl (C=O) groups excluding carboxylic acids is 2. The fraction of sp³-hybridized carbons (Fsp3) is 0.529. The van der Waals surface area contributed by atoms with Gasteiger partial charge in [-0.3, -0.25) is 9.59 Å². The Balaban J connectivity index is 0.00000264. The molecule has 1 aliphatic heterocycles. The third kappa shape index (κ3) is 5.03. The monoisotopic (exact) mass is 340 g/mol. The minimum Gasteiger partial charge on any atom is -0.375 e. The molecule has 0 aliphatic carbocycles. The minimum atomic E-state index is -0.413. The quantitative estimate of drug-likeness (QED) is 0.830. The van der Waals surface area contributed by atoms with Crippen LogP contribution in [0.15, 0.2) is 24.3 Å². The molecule has 0 radical (unpaired) electrons. The van der Waals surface area contributed by atoms with Crippen molar-refractivity contribution in [3.63, 3.8) is 0 Å². The summed E-state index contributed by atoms with van der Waals surface area (Å²) in [6.07, 6.45) is -0.157. The molecule has 128 valence electrons. The maximum atomic E-state index is 12.2. The van der Waals surface area contributed by atoms with Gasteiger partial charge in [0, 0.05) is 23.2 Å². The smallest absolute Gasteiger partial charge is 0.244 e. The Morgan fingerprint density at radius 3 is 2.35 bits per heavy atom. The SMILES string of the molecule is C[C@H]1OCCN[C@@H]1C(=O)Nc1ccc(C(=O)C(C)(C)C)cc1.Cl. The van der Waals surface area contributed by atoms with Crippen LogP contribution in [0, 0.1) is 5.41 Å². The van der Waals surface area contributed by atoms with Crippen LogP contribution in [0.5, 0.6) is 0 Å². The molecule has 23 heavy (non-hydrogen) atoms. The third-order valence-electron chi connectivity index (χ3n) is 3.69. The van der Waals surface area contributed by atoms with Gasteiger partial charge in [-0.05, 0) is 31.2 Å². The van der Waals surface area contributed by atoms with E-state index in [1.807, 2.05) is 27.7 Å². The average Bonchev–Trinajstić information content (AvgIpc) is 2.46. The summed E-state index contributed by atoms with van der Waals surface area (Å²) in [4.78, 5) is 24.4. The van der Waals surface area contributed by atoms with Gasteiger partial charge in [0.25, 0.3) is 0 Å². The number of Topliss-reactive ketones (excluding diaryl/α,β-unsaturated/α-hetero) is 1. The van der Waals surface area contributed by atoms with Crippen molar-refractivity contribution in [3.8, 4) is 0 Å². The lowest BCUT2D eigenvalue weighted by Crippen LogP contribution is -2.53. The second-order valence-electron chi connectivity index (χ2n) is 6.65. The van der Waals surface area contributed by atoms with E-state index in [0.29, 0.717) is 24.4 Å². The van der Waals surface area contributed by atoms with E-state index in [1.54, 1.807) is 24.3 Å². The van der Waals surface area contributed by atoms with Crippen molar-refractivity contribution < 1.29 is 14.3 Å². The third-order valence-corrected chi connectivity index (χ3v) is 3.69. The van der Waals surface area contributed by atoms with Crippen LogP contribution in [-0.2, 0) is 9.53 Å². The molecule has 2 N–H and O–H groups in total. The molecule has 1 aromatic rings. The van der Waals surface area contributed by atoms with Gasteiger partial charge in [0.15, 0.2) is 5.78 Å². The zero-order valence-electron chi connectivity index (χ0n) is 14.0. The highest BCUT2D eigenvalue weighted by Gasteiger charge is 2.28. The van der Waals surface area contributed by atoms with Crippen molar-refractivity contribution in [2.24, 2.45) is 5.41 Å². The number of amides is 1. The molecule has 1 heterocycles. The van der Waals surface area contributed by atoms with Crippen molar-refractivity contribution in [1.29, 1.82) is 0 Å². The second kappa shape index (κ2) is 7.90. The lowest BCUT2D eigenvalue weighted by Gasteiger charge is -2.29. The Labute approximate surface area is 143 Å². The van der Waals surface area contributed by atoms with Crippen molar-refractivity contribution in [3.05, 3.63) is 29.8 Å². The van der Waals surface area contributed by atoms with Crippen molar-refractivity contribution in [1.82, 2.24) is 5.32 Å². The summed E-state index contributed by atoms with van der Waals surface area (Å²) in [5.74, 6) is -0.0385. The standard InChI is InChI=1S/C17H24N2O3.ClH/c1-11-14(18-9-10-22-11)16(21)19-13-7-5-12(6-8-13)15(20)17(2,3)4;/h5-8,11,14,18H,9-10H2,1-4H3,(H,19,21);1H/t11-,14+;/m1./s1. The lowest BCUT2D eigenvalue weighted by atomic mass is 9.86. The van der Waals surface area contributed by atoms with Crippen LogP contribution >= 0.6 is 12.4 Å². The lowest BCUT2D eigenvalue weighted by molar-refractivity contribution is -0.123. The van der Waals surface area contributed by atoms with Gasteiger partial charge >= 0.3 is 0 Å². The van der Waals surface area contributed by atoms with Crippen molar-refractivity contribution >= 4 is 29.8 Å². The molecule has 0 bridgehead atoms. The van der Waals surface area contributed by atoms with Crippen LogP contribution in [0.4, 0.5) is 5.69 Å². The summed E-state index contributed by atoms with van der Waals surface area (Å²) in [7, 11) is 0. The molecule has 0 spiro atoms. The summed E-state index contributed by atoms with van der Waals surface area (Å²) >= 11 is 0. The summed E-state index contributed by atoms with van der Waals surface area (Å²) in [5, 5.41) is 6.00. The first-order valence-corrected chi connectivity index (χ1v) is 7.60. The molecule has 1 aromatic carbocycles. The van der Waals surface area contributed by atoms with E-state index < -0.39 is 5.41 Å². The number of ether oxygens (including phenoxy) is 1. The highest BCUT2D eigenvalue weighted by Crippen LogP contribution is 2.22. The molecule has 1 fully saturated rings. The van der Waals surface area contributed by atoms with E-state index in [1.165, 1.54) is 0 Å². The van der Waals surface area contributed by atoms with Gasteiger partial charge in [-0.25, -0.2) is 0 Å². The summed E-state index contributed by atoms with van der Waals surface area (Å²) in [6, 6.07) is 6.65. The topological polar surface area (TPSA) is 67.4 Å². The number of benzene rings is 1. The van der Waals surface area contributed by atoms with Crippen LogP contribution in [0.3, 0.4) is 0 Å². The van der Waals surface area contributed by atoms with E-state index in [4.69, 9.17) is 4.74 Å². The van der Waals surface area contributed by atoms with Crippen LogP contribution in [0.25, 0.3) is 0 Å². The van der Waals surface area contributed by atoms with Gasteiger partial charge in [-0.1, -0.05) is 20.8 Å². The largest absolute Gasteiger partial charge is 0.375 e. The van der Waals surface area contributed by atoms with E-state index in [-0.39, 0.29) is 36.2 Å². The Morgan fingerprint density at radius 2 is 1.83 bits per heavy atom. The van der Waals surface area contributed by atoms with Gasteiger partial charge in [-0.2, -0.15) is 0 Å². The second-order valence-corrected chi connectivity index (χ2v) is 6.65. The van der Waals surface area contributed by atoms with Gasteiger partial charge in [0.1, 0.15) is 6.04 Å². The molecule has 0 saturated carbocycles. The van der Waals surface area contributed by atoms with E-state index in [0.717, 1.165) is 0 Å². The number of hydrogen-bond acceptors (Lipinski definition) is 4. The fourth-order valence-corrected chi connectivity index (χ4v) is 2.39. The molecule has 0 unspecified atom stereocenters. The first-order valence-electron chi connectivity index (χ1n) is 7.60. The van der Waals surface area contributed by atoms with E-state index in [9.17, 15) is 9.59 Å². The normalized spacial score (nSPS) is 21.2. The predicted molar refractivity (Wildman–Crippen MR) is 93.3 cm³/mol. The molecular formula is C17H25ClN2O3. The average molecular weight is 341 g/mol. The molecule has 2 rings (SSSR count). The van der Waals surface area contributed by atoms with E-state index in [2.05, 4.69) is 10.6 Å². The van der Waals surface area contributed by atoms with Crippen LogP contribution in [0.2, 0.25) is 0 Å². The molecule has 0 aromatic heterocycles. The summed E-state index contributed by atoms with van der Waals surface area (Å²) < 4.78 is 5.47. The fourth-order valence-electron chi connectivity index (χ4n) is 2.39. The van der Waals surface area contributed by atoms with E-state index >= 15 is 0 Å². The number of carbonyl (C=O) groups is 2. The maximum absolute atomic E-state index is 12.2. The number of anilines is 1. The zero-order chi connectivity index (χ0) is 16.3. The first-order chi connectivity index (χ1) is 10.3. The highest BCUT2D eigenvalue weighted by molar-refractivity contribution is 6.00. The number of nitrogens with one attached hydrogen (secondary N) is 2. The maximum Gasteiger partial charge on any atom is 0.244 e. The molecule has 6 heteroatoms. The predicted octanol–water partition coefficient (Wildman–Crippen LogP) is 2.65. The van der Waals surface area contributed by atoms with Gasteiger partial charge < -0.3 is 15.4 Å². The van der Waals surface area contributed by atoms with Crippen LogP contribution in [-0.4, -0.2) is 37.0 Å². The molecular weight excluding hydrogens is 316 g/mol. The van der Waals surface area contributed by atoms with Crippen LogP contribution < -0.4 is 10.6 Å². The summed E-state index contributed by atoms with van der Waals surface area (Å²) in [6.45, 7) is 8.83. The number of halogens is 1. The first kappa shape index (κ1) is 19.6. The van der Waals surface area contributed by atoms with Crippen LogP contribution in [0.1, 0.15) is 38.1 Å². The Morgan fingerprint density at radius 1 is 1.22 bits per heavy atom. The number of morpholine rings is 1. The Hall–Kier alpha value is -1.43. The molecule has 1 aliphatic rings. The Bertz CT molecular complexity index is 552.